The van der Waals surface area contributed by atoms with E-state index in [9.17, 15) is 0 Å². The zero-order valence-electron chi connectivity index (χ0n) is 15.6. The van der Waals surface area contributed by atoms with Crippen LogP contribution in [0.2, 0.25) is 0 Å². The van der Waals surface area contributed by atoms with Crippen LogP contribution in [0, 0.1) is 0 Å². The lowest BCUT2D eigenvalue weighted by molar-refractivity contribution is 0.735. The molecular weight excluding hydrogens is 314 g/mol. The van der Waals surface area contributed by atoms with E-state index in [1.54, 1.807) is 0 Å². The second kappa shape index (κ2) is 5.60. The largest absolute Gasteiger partial charge is 0.344 e. The summed E-state index contributed by atoms with van der Waals surface area (Å²) in [5.74, 6) is 0.603. The maximum atomic E-state index is 2.38. The van der Waals surface area contributed by atoms with Crippen LogP contribution in [0.4, 0.5) is 0 Å². The summed E-state index contributed by atoms with van der Waals surface area (Å²) in [5, 5.41) is 7.96. The van der Waals surface area contributed by atoms with Gasteiger partial charge in [-0.05, 0) is 63.7 Å². The van der Waals surface area contributed by atoms with Crippen molar-refractivity contribution in [3.05, 3.63) is 72.3 Å². The summed E-state index contributed by atoms with van der Waals surface area (Å²) in [5.41, 5.74) is 4.04. The molecule has 0 spiro atoms. The third-order valence-electron chi connectivity index (χ3n) is 6.04. The zero-order valence-corrected chi connectivity index (χ0v) is 15.6. The number of fused-ring (bicyclic) bond motifs is 5. The molecule has 0 aliphatic carbocycles. The van der Waals surface area contributed by atoms with E-state index >= 15 is 0 Å². The van der Waals surface area contributed by atoms with Crippen LogP contribution in [-0.4, -0.2) is 4.57 Å². The Kier molecular flexibility index (Phi) is 3.33. The molecule has 0 bridgehead atoms. The highest BCUT2D eigenvalue weighted by Crippen LogP contribution is 2.35. The predicted octanol–water partition coefficient (Wildman–Crippen LogP) is 7.15. The maximum absolute atomic E-state index is 2.38. The second-order valence-electron chi connectivity index (χ2n) is 7.56. The summed E-state index contributed by atoms with van der Waals surface area (Å²) in [4.78, 5) is 0. The molecule has 0 saturated carbocycles. The Bertz CT molecular complexity index is 1290. The molecule has 0 N–H and O–H groups in total. The number of hydrogen-bond donors (Lipinski definition) is 0. The Morgan fingerprint density at radius 3 is 1.96 bits per heavy atom. The van der Waals surface area contributed by atoms with Crippen LogP contribution in [-0.2, 0) is 7.05 Å². The van der Waals surface area contributed by atoms with Gasteiger partial charge < -0.3 is 4.57 Å². The number of rotatable bonds is 2. The van der Waals surface area contributed by atoms with E-state index in [-0.39, 0.29) is 0 Å². The fraction of sp³-hybridized carbons (Fsp3) is 0.200. The van der Waals surface area contributed by atoms with Gasteiger partial charge in [0.25, 0.3) is 0 Å². The Labute approximate surface area is 153 Å². The van der Waals surface area contributed by atoms with Crippen molar-refractivity contribution in [3.63, 3.8) is 0 Å². The molecule has 0 saturated heterocycles. The van der Waals surface area contributed by atoms with Crippen molar-refractivity contribution >= 4 is 43.4 Å². The maximum Gasteiger partial charge on any atom is 0.0495 e. The lowest BCUT2D eigenvalue weighted by atomic mass is 9.95. The van der Waals surface area contributed by atoms with Crippen LogP contribution >= 0.6 is 0 Å². The minimum atomic E-state index is 0.603. The van der Waals surface area contributed by atoms with E-state index in [4.69, 9.17) is 0 Å². The summed E-state index contributed by atoms with van der Waals surface area (Å²) in [6.45, 7) is 4.57. The van der Waals surface area contributed by atoms with Crippen molar-refractivity contribution in [2.75, 3.05) is 0 Å². The van der Waals surface area contributed by atoms with E-state index in [1.165, 1.54) is 55.3 Å². The van der Waals surface area contributed by atoms with Crippen molar-refractivity contribution in [1.29, 1.82) is 0 Å². The third kappa shape index (κ3) is 2.17. The number of aryl methyl sites for hydroxylation is 1. The molecule has 1 unspecified atom stereocenters. The summed E-state index contributed by atoms with van der Waals surface area (Å²) < 4.78 is 2.33. The van der Waals surface area contributed by atoms with Gasteiger partial charge in [0.1, 0.15) is 0 Å². The van der Waals surface area contributed by atoms with E-state index in [0.717, 1.165) is 0 Å². The number of hydrogen-bond acceptors (Lipinski definition) is 0. The van der Waals surface area contributed by atoms with Crippen LogP contribution in [0.25, 0.3) is 43.4 Å². The lowest BCUT2D eigenvalue weighted by Gasteiger charge is -2.10. The highest BCUT2D eigenvalue weighted by atomic mass is 14.9. The molecule has 0 fully saturated rings. The van der Waals surface area contributed by atoms with Gasteiger partial charge >= 0.3 is 0 Å². The fourth-order valence-corrected chi connectivity index (χ4v) is 4.19. The molecule has 128 valence electrons. The van der Waals surface area contributed by atoms with Gasteiger partial charge in [-0.15, -0.1) is 0 Å². The molecule has 5 aromatic rings. The van der Waals surface area contributed by atoms with Crippen LogP contribution in [0.15, 0.2) is 66.7 Å². The average Bonchev–Trinajstić information content (AvgIpc) is 2.94. The van der Waals surface area contributed by atoms with Crippen LogP contribution in [0.5, 0.6) is 0 Å². The van der Waals surface area contributed by atoms with E-state index in [0.29, 0.717) is 5.92 Å². The molecule has 0 radical (unpaired) electrons. The Morgan fingerprint density at radius 1 is 0.731 bits per heavy atom. The molecule has 0 aliphatic heterocycles. The van der Waals surface area contributed by atoms with Crippen molar-refractivity contribution in [2.24, 2.45) is 7.05 Å². The molecule has 4 aromatic carbocycles. The molecule has 1 aromatic heterocycles. The quantitative estimate of drug-likeness (QED) is 0.322. The molecule has 1 heterocycles. The fourth-order valence-electron chi connectivity index (χ4n) is 4.19. The zero-order chi connectivity index (χ0) is 17.8. The predicted molar refractivity (Wildman–Crippen MR) is 114 cm³/mol. The molecular formula is C25H23N. The van der Waals surface area contributed by atoms with E-state index < -0.39 is 0 Å². The van der Waals surface area contributed by atoms with E-state index in [1.807, 2.05) is 0 Å². The van der Waals surface area contributed by atoms with Gasteiger partial charge in [0, 0.05) is 28.9 Å². The Hall–Kier alpha value is -2.80. The molecule has 1 nitrogen and oxygen atoms in total. The lowest BCUT2D eigenvalue weighted by Crippen LogP contribution is -1.91. The van der Waals surface area contributed by atoms with E-state index in [2.05, 4.69) is 92.2 Å². The van der Waals surface area contributed by atoms with Gasteiger partial charge in [-0.1, -0.05) is 56.3 Å². The normalized spacial score (nSPS) is 13.2. The summed E-state index contributed by atoms with van der Waals surface area (Å²) in [7, 11) is 2.18. The monoisotopic (exact) mass is 337 g/mol. The molecule has 26 heavy (non-hydrogen) atoms. The molecule has 0 aliphatic rings. The van der Waals surface area contributed by atoms with Gasteiger partial charge in [-0.25, -0.2) is 0 Å². The van der Waals surface area contributed by atoms with Crippen molar-refractivity contribution in [2.45, 2.75) is 26.2 Å². The van der Waals surface area contributed by atoms with Crippen LogP contribution in [0.3, 0.4) is 0 Å². The minimum Gasteiger partial charge on any atom is -0.344 e. The first kappa shape index (κ1) is 15.5. The third-order valence-corrected chi connectivity index (χ3v) is 6.04. The summed E-state index contributed by atoms with van der Waals surface area (Å²) in [6.07, 6.45) is 1.17. The molecule has 1 heteroatoms. The number of benzene rings is 4. The number of aromatic nitrogens is 1. The SMILES string of the molecule is CCC(C)c1ccc2cc3c(cc2c1)c1cc2ccccc2cc1n3C. The first-order valence-electron chi connectivity index (χ1n) is 9.50. The van der Waals surface area contributed by atoms with Crippen molar-refractivity contribution in [3.8, 4) is 0 Å². The topological polar surface area (TPSA) is 4.93 Å². The van der Waals surface area contributed by atoms with Gasteiger partial charge in [0.2, 0.25) is 0 Å². The van der Waals surface area contributed by atoms with Gasteiger partial charge in [-0.2, -0.15) is 0 Å². The minimum absolute atomic E-state index is 0.603. The van der Waals surface area contributed by atoms with Gasteiger partial charge in [0.15, 0.2) is 0 Å². The molecule has 1 atom stereocenters. The van der Waals surface area contributed by atoms with Crippen molar-refractivity contribution < 1.29 is 0 Å². The molecule has 0 amide bonds. The van der Waals surface area contributed by atoms with Gasteiger partial charge in [-0.3, -0.25) is 0 Å². The standard InChI is InChI=1S/C25H23N/c1-4-16(2)17-9-10-20-15-25-23(13-21(20)11-17)22-12-18-7-5-6-8-19(18)14-24(22)26(25)3/h5-16H,4H2,1-3H3. The highest BCUT2D eigenvalue weighted by Gasteiger charge is 2.12. The Balaban J connectivity index is 1.88. The number of nitrogens with zero attached hydrogens (tertiary/aromatic N) is 1. The first-order valence-corrected chi connectivity index (χ1v) is 9.50. The Morgan fingerprint density at radius 2 is 1.31 bits per heavy atom. The summed E-state index contributed by atoms with van der Waals surface area (Å²) in [6, 6.07) is 25.0. The second-order valence-corrected chi connectivity index (χ2v) is 7.56. The van der Waals surface area contributed by atoms with Crippen LogP contribution in [0.1, 0.15) is 31.7 Å². The summed E-state index contributed by atoms with van der Waals surface area (Å²) >= 11 is 0. The molecule has 5 rings (SSSR count). The highest BCUT2D eigenvalue weighted by molar-refractivity contribution is 6.15. The van der Waals surface area contributed by atoms with Gasteiger partial charge in [0.05, 0.1) is 0 Å². The first-order chi connectivity index (χ1) is 12.7. The van der Waals surface area contributed by atoms with Crippen LogP contribution < -0.4 is 0 Å². The average molecular weight is 337 g/mol. The smallest absolute Gasteiger partial charge is 0.0495 e. The van der Waals surface area contributed by atoms with Crippen molar-refractivity contribution in [1.82, 2.24) is 4.57 Å².